The first-order valence-corrected chi connectivity index (χ1v) is 3.53. The molecule has 60 valence electrons. The fourth-order valence-electron chi connectivity index (χ4n) is 0.856. The van der Waals surface area contributed by atoms with Crippen LogP contribution in [0.4, 0.5) is 5.69 Å². The van der Waals surface area contributed by atoms with Gasteiger partial charge in [0.15, 0.2) is 0 Å². The second-order valence-corrected chi connectivity index (χ2v) is 2.35. The average molecular weight is 159 g/mol. The minimum absolute atomic E-state index is 0.0544. The molecule has 1 aromatic rings. The number of nitriles is 1. The lowest BCUT2D eigenvalue weighted by molar-refractivity contribution is 1.24. The molecule has 0 aliphatic rings. The lowest BCUT2D eigenvalue weighted by Crippen LogP contribution is -2.23. The predicted molar refractivity (Wildman–Crippen MR) is 48.2 cm³/mol. The number of hydrogen-bond donors (Lipinski definition) is 1. The van der Waals surface area contributed by atoms with Crippen LogP contribution in [0, 0.1) is 16.7 Å². The van der Waals surface area contributed by atoms with Crippen LogP contribution in [0.3, 0.4) is 0 Å². The molecule has 0 aliphatic heterocycles. The van der Waals surface area contributed by atoms with Crippen molar-refractivity contribution in [1.29, 1.82) is 10.7 Å². The molecule has 0 bridgehead atoms. The lowest BCUT2D eigenvalue weighted by Gasteiger charge is -2.14. The number of amidine groups is 1. The maximum absolute atomic E-state index is 8.45. The van der Waals surface area contributed by atoms with Crippen molar-refractivity contribution in [2.75, 3.05) is 11.9 Å². The van der Waals surface area contributed by atoms with Crippen LogP contribution in [0.2, 0.25) is 0 Å². The topological polar surface area (TPSA) is 50.9 Å². The van der Waals surface area contributed by atoms with Crippen molar-refractivity contribution in [2.24, 2.45) is 0 Å². The molecule has 0 spiro atoms. The number of rotatable bonds is 1. The molecule has 0 saturated heterocycles. The summed E-state index contributed by atoms with van der Waals surface area (Å²) in [7, 11) is 1.70. The summed E-state index contributed by atoms with van der Waals surface area (Å²) in [6.45, 7) is 0. The molecule has 0 atom stereocenters. The number of anilines is 1. The quantitative estimate of drug-likeness (QED) is 0.500. The zero-order valence-corrected chi connectivity index (χ0v) is 6.78. The van der Waals surface area contributed by atoms with Gasteiger partial charge in [-0.05, 0) is 12.1 Å². The van der Waals surface area contributed by atoms with Crippen LogP contribution in [0.5, 0.6) is 0 Å². The molecule has 12 heavy (non-hydrogen) atoms. The van der Waals surface area contributed by atoms with Crippen LogP contribution in [-0.4, -0.2) is 12.9 Å². The fraction of sp³-hybridized carbons (Fsp3) is 0.111. The Morgan fingerprint density at radius 2 is 2.00 bits per heavy atom. The molecule has 0 saturated carbocycles. The van der Waals surface area contributed by atoms with Gasteiger partial charge >= 0.3 is 0 Å². The largest absolute Gasteiger partial charge is 0.321 e. The SMILES string of the molecule is CN(C(=N)C#N)c1ccccc1. The Morgan fingerprint density at radius 1 is 1.42 bits per heavy atom. The molecule has 0 aromatic heterocycles. The normalized spacial score (nSPS) is 8.67. The molecule has 0 unspecified atom stereocenters. The van der Waals surface area contributed by atoms with E-state index in [0.717, 1.165) is 5.69 Å². The number of nitrogens with one attached hydrogen (secondary N) is 1. The third kappa shape index (κ3) is 1.61. The lowest BCUT2D eigenvalue weighted by atomic mass is 10.3. The summed E-state index contributed by atoms with van der Waals surface area (Å²) >= 11 is 0. The van der Waals surface area contributed by atoms with Gasteiger partial charge < -0.3 is 4.90 Å². The van der Waals surface area contributed by atoms with Gasteiger partial charge in [0, 0.05) is 12.7 Å². The highest BCUT2D eigenvalue weighted by atomic mass is 15.1. The fourth-order valence-corrected chi connectivity index (χ4v) is 0.856. The van der Waals surface area contributed by atoms with Gasteiger partial charge in [0.25, 0.3) is 0 Å². The van der Waals surface area contributed by atoms with E-state index in [9.17, 15) is 0 Å². The van der Waals surface area contributed by atoms with Gasteiger partial charge in [0.1, 0.15) is 6.07 Å². The van der Waals surface area contributed by atoms with Gasteiger partial charge in [-0.15, -0.1) is 0 Å². The third-order valence-electron chi connectivity index (χ3n) is 1.58. The highest BCUT2D eigenvalue weighted by Gasteiger charge is 2.03. The van der Waals surface area contributed by atoms with E-state index < -0.39 is 0 Å². The van der Waals surface area contributed by atoms with Crippen molar-refractivity contribution in [3.05, 3.63) is 30.3 Å². The minimum Gasteiger partial charge on any atom is -0.321 e. The van der Waals surface area contributed by atoms with Gasteiger partial charge in [0.2, 0.25) is 5.84 Å². The summed E-state index contributed by atoms with van der Waals surface area (Å²) in [5, 5.41) is 15.7. The maximum Gasteiger partial charge on any atom is 0.205 e. The molecular weight excluding hydrogens is 150 g/mol. The number of para-hydroxylation sites is 1. The Hall–Kier alpha value is -1.82. The second kappa shape index (κ2) is 3.54. The highest BCUT2D eigenvalue weighted by molar-refractivity contribution is 6.05. The van der Waals surface area contributed by atoms with E-state index >= 15 is 0 Å². The third-order valence-corrected chi connectivity index (χ3v) is 1.58. The van der Waals surface area contributed by atoms with E-state index in [-0.39, 0.29) is 5.84 Å². The van der Waals surface area contributed by atoms with Gasteiger partial charge in [-0.1, -0.05) is 18.2 Å². The van der Waals surface area contributed by atoms with Crippen LogP contribution < -0.4 is 4.90 Å². The summed E-state index contributed by atoms with van der Waals surface area (Å²) in [5.41, 5.74) is 0.851. The summed E-state index contributed by atoms with van der Waals surface area (Å²) in [4.78, 5) is 1.53. The number of hydrogen-bond acceptors (Lipinski definition) is 2. The molecule has 0 heterocycles. The van der Waals surface area contributed by atoms with E-state index in [0.29, 0.717) is 0 Å². The van der Waals surface area contributed by atoms with Crippen molar-refractivity contribution in [1.82, 2.24) is 0 Å². The van der Waals surface area contributed by atoms with Crippen LogP contribution in [0.15, 0.2) is 30.3 Å². The first-order valence-electron chi connectivity index (χ1n) is 3.53. The minimum atomic E-state index is -0.0544. The average Bonchev–Trinajstić information content (AvgIpc) is 2.17. The zero-order valence-electron chi connectivity index (χ0n) is 6.78. The van der Waals surface area contributed by atoms with E-state index in [4.69, 9.17) is 10.7 Å². The van der Waals surface area contributed by atoms with E-state index in [1.807, 2.05) is 30.3 Å². The molecule has 1 N–H and O–H groups in total. The smallest absolute Gasteiger partial charge is 0.205 e. The summed E-state index contributed by atoms with van der Waals surface area (Å²) in [6, 6.07) is 11.1. The molecule has 1 aromatic carbocycles. The maximum atomic E-state index is 8.45. The van der Waals surface area contributed by atoms with Gasteiger partial charge in [-0.3, -0.25) is 5.41 Å². The summed E-state index contributed by atoms with van der Waals surface area (Å²) in [6.07, 6.45) is 0. The van der Waals surface area contributed by atoms with Crippen molar-refractivity contribution < 1.29 is 0 Å². The highest BCUT2D eigenvalue weighted by Crippen LogP contribution is 2.10. The van der Waals surface area contributed by atoms with Crippen LogP contribution in [0.25, 0.3) is 0 Å². The van der Waals surface area contributed by atoms with Gasteiger partial charge in [0.05, 0.1) is 0 Å². The van der Waals surface area contributed by atoms with Crippen molar-refractivity contribution in [2.45, 2.75) is 0 Å². The Labute approximate surface area is 71.4 Å². The predicted octanol–water partition coefficient (Wildman–Crippen LogP) is 1.62. The Morgan fingerprint density at radius 3 is 2.50 bits per heavy atom. The molecule has 0 fully saturated rings. The van der Waals surface area contributed by atoms with Gasteiger partial charge in [-0.2, -0.15) is 5.26 Å². The Balaban J connectivity index is 2.87. The monoisotopic (exact) mass is 159 g/mol. The van der Waals surface area contributed by atoms with Crippen molar-refractivity contribution in [3.63, 3.8) is 0 Å². The van der Waals surface area contributed by atoms with E-state index in [1.54, 1.807) is 13.1 Å². The van der Waals surface area contributed by atoms with Crippen LogP contribution in [0.1, 0.15) is 0 Å². The van der Waals surface area contributed by atoms with Gasteiger partial charge in [-0.25, -0.2) is 0 Å². The first-order chi connectivity index (χ1) is 5.75. The van der Waals surface area contributed by atoms with E-state index in [1.165, 1.54) is 4.90 Å². The summed E-state index contributed by atoms with van der Waals surface area (Å²) < 4.78 is 0. The van der Waals surface area contributed by atoms with E-state index in [2.05, 4.69) is 0 Å². The molecule has 0 aliphatic carbocycles. The number of benzene rings is 1. The second-order valence-electron chi connectivity index (χ2n) is 2.35. The molecule has 3 heteroatoms. The molecule has 3 nitrogen and oxygen atoms in total. The van der Waals surface area contributed by atoms with Crippen LogP contribution in [-0.2, 0) is 0 Å². The van der Waals surface area contributed by atoms with Crippen LogP contribution >= 0.6 is 0 Å². The first kappa shape index (κ1) is 8.28. The summed E-state index contributed by atoms with van der Waals surface area (Å²) in [5.74, 6) is -0.0544. The standard InChI is InChI=1S/C9H9N3/c1-12(9(11)7-10)8-5-3-2-4-6-8/h2-6,11H,1H3. The van der Waals surface area contributed by atoms with Crippen molar-refractivity contribution >= 4 is 11.5 Å². The number of nitrogens with zero attached hydrogens (tertiary/aromatic N) is 2. The molecule has 1 rings (SSSR count). The molecule has 0 radical (unpaired) electrons. The Bertz CT molecular complexity index is 310. The van der Waals surface area contributed by atoms with Crippen molar-refractivity contribution in [3.8, 4) is 6.07 Å². The zero-order chi connectivity index (χ0) is 8.97. The Kier molecular flexibility index (Phi) is 2.44. The molecule has 0 amide bonds. The molecular formula is C9H9N3.